The summed E-state index contributed by atoms with van der Waals surface area (Å²) in [4.78, 5) is 6.68. The molecule has 0 radical (unpaired) electrons. The minimum Gasteiger partial charge on any atom is -0.386 e. The number of benzene rings is 1. The Morgan fingerprint density at radius 1 is 1.36 bits per heavy atom. The number of rotatable bonds is 4. The summed E-state index contributed by atoms with van der Waals surface area (Å²) in [7, 11) is 0. The van der Waals surface area contributed by atoms with E-state index >= 15 is 0 Å². The lowest BCUT2D eigenvalue weighted by atomic mass is 9.86. The van der Waals surface area contributed by atoms with Crippen LogP contribution in [0.1, 0.15) is 26.3 Å². The molecule has 0 aliphatic carbocycles. The van der Waals surface area contributed by atoms with Gasteiger partial charge in [-0.1, -0.05) is 50.2 Å². The molecule has 2 aromatic rings. The highest BCUT2D eigenvalue weighted by atomic mass is 16.3. The van der Waals surface area contributed by atoms with E-state index in [4.69, 9.17) is 5.53 Å². The van der Waals surface area contributed by atoms with E-state index in [0.29, 0.717) is 11.4 Å². The lowest BCUT2D eigenvalue weighted by Crippen LogP contribution is -2.29. The van der Waals surface area contributed by atoms with E-state index in [1.807, 2.05) is 39.0 Å². The van der Waals surface area contributed by atoms with Gasteiger partial charge in [-0.15, -0.1) is 0 Å². The Labute approximate surface area is 128 Å². The summed E-state index contributed by atoms with van der Waals surface area (Å²) in [5.41, 5.74) is 10.1. The molecule has 1 aromatic carbocycles. The van der Waals surface area contributed by atoms with Crippen LogP contribution in [0.2, 0.25) is 0 Å². The quantitative estimate of drug-likeness (QED) is 0.530. The van der Waals surface area contributed by atoms with Gasteiger partial charge in [-0.2, -0.15) is 5.10 Å². The molecule has 0 aliphatic rings. The summed E-state index contributed by atoms with van der Waals surface area (Å²) >= 11 is 0. The Bertz CT molecular complexity index is 691. The first-order valence-corrected chi connectivity index (χ1v) is 6.81. The van der Waals surface area contributed by atoms with Gasteiger partial charge in [0.1, 0.15) is 18.8 Å². The highest BCUT2D eigenvalue weighted by Crippen LogP contribution is 2.29. The molecule has 1 heterocycles. The first-order valence-electron chi connectivity index (χ1n) is 6.81. The Hall–Kier alpha value is -2.63. The van der Waals surface area contributed by atoms with Crippen LogP contribution in [0.25, 0.3) is 22.2 Å². The van der Waals surface area contributed by atoms with Gasteiger partial charge < -0.3 is 5.11 Å². The second-order valence-corrected chi connectivity index (χ2v) is 5.96. The largest absolute Gasteiger partial charge is 0.386 e. The zero-order chi connectivity index (χ0) is 16.2. The topological polar surface area (TPSA) is 99.7 Å². The van der Waals surface area contributed by atoms with E-state index in [1.54, 1.807) is 23.1 Å². The van der Waals surface area contributed by atoms with Crippen LogP contribution in [-0.2, 0) is 0 Å². The van der Waals surface area contributed by atoms with Gasteiger partial charge in [-0.3, -0.25) is 0 Å². The Morgan fingerprint density at radius 3 is 2.55 bits per heavy atom. The van der Waals surface area contributed by atoms with Crippen molar-refractivity contribution in [1.82, 2.24) is 14.8 Å². The average Bonchev–Trinajstić information content (AvgIpc) is 2.99. The molecule has 2 rings (SSSR count). The Morgan fingerprint density at radius 2 is 2.05 bits per heavy atom. The van der Waals surface area contributed by atoms with Crippen molar-refractivity contribution in [3.05, 3.63) is 52.9 Å². The second kappa shape index (κ2) is 6.43. The number of hydrogen-bond acceptors (Lipinski definition) is 4. The van der Waals surface area contributed by atoms with Crippen molar-refractivity contribution in [2.24, 2.45) is 10.5 Å². The van der Waals surface area contributed by atoms with Crippen molar-refractivity contribution < 1.29 is 5.11 Å². The second-order valence-electron chi connectivity index (χ2n) is 5.96. The number of azide groups is 1. The number of nitrogens with zero attached hydrogens (tertiary/aromatic N) is 6. The standard InChI is InChI=1S/C15H18N6O/c1-15(2,3)14(22)13(21-10-17-9-18-21)8-11-4-6-12(7-5-11)19-20-16/h4-10,14,22H,1-3H3/b13-8+. The summed E-state index contributed by atoms with van der Waals surface area (Å²) in [6.07, 6.45) is 4.10. The van der Waals surface area contributed by atoms with Gasteiger partial charge in [-0.05, 0) is 22.6 Å². The fourth-order valence-electron chi connectivity index (χ4n) is 1.92. The average molecular weight is 298 g/mol. The zero-order valence-corrected chi connectivity index (χ0v) is 12.7. The highest BCUT2D eigenvalue weighted by Gasteiger charge is 2.27. The monoisotopic (exact) mass is 298 g/mol. The molecule has 1 unspecified atom stereocenters. The van der Waals surface area contributed by atoms with Gasteiger partial charge in [0.15, 0.2) is 0 Å². The summed E-state index contributed by atoms with van der Waals surface area (Å²) in [5, 5.41) is 18.2. The van der Waals surface area contributed by atoms with Crippen molar-refractivity contribution >= 4 is 17.5 Å². The van der Waals surface area contributed by atoms with Crippen molar-refractivity contribution in [2.45, 2.75) is 26.9 Å². The maximum atomic E-state index is 10.6. The Balaban J connectivity index is 2.42. The maximum absolute atomic E-state index is 10.6. The number of hydrogen-bond donors (Lipinski definition) is 1. The number of aliphatic hydroxyl groups excluding tert-OH is 1. The molecule has 0 bridgehead atoms. The summed E-state index contributed by atoms with van der Waals surface area (Å²) in [6.45, 7) is 5.85. The third-order valence-electron chi connectivity index (χ3n) is 3.15. The molecule has 1 aromatic heterocycles. The van der Waals surface area contributed by atoms with Crippen LogP contribution >= 0.6 is 0 Å². The van der Waals surface area contributed by atoms with Gasteiger partial charge in [0, 0.05) is 10.6 Å². The van der Waals surface area contributed by atoms with Gasteiger partial charge in [-0.25, -0.2) is 9.67 Å². The fraction of sp³-hybridized carbons (Fsp3) is 0.333. The predicted octanol–water partition coefficient (Wildman–Crippen LogP) is 3.63. The van der Waals surface area contributed by atoms with Crippen LogP contribution in [-0.4, -0.2) is 26.0 Å². The lowest BCUT2D eigenvalue weighted by Gasteiger charge is -2.27. The van der Waals surface area contributed by atoms with E-state index in [-0.39, 0.29) is 5.41 Å². The van der Waals surface area contributed by atoms with Crippen LogP contribution in [0.5, 0.6) is 0 Å². The van der Waals surface area contributed by atoms with E-state index in [9.17, 15) is 5.11 Å². The molecule has 114 valence electrons. The SMILES string of the molecule is CC(C)(C)C(O)/C(=C\c1ccc(N=[N+]=[N-])cc1)n1cncn1. The molecule has 0 saturated heterocycles. The molecule has 1 atom stereocenters. The van der Waals surface area contributed by atoms with Gasteiger partial charge in [0.05, 0.1) is 5.70 Å². The van der Waals surface area contributed by atoms with Crippen molar-refractivity contribution in [2.75, 3.05) is 0 Å². The molecule has 0 fully saturated rings. The highest BCUT2D eigenvalue weighted by molar-refractivity contribution is 5.73. The van der Waals surface area contributed by atoms with Crippen LogP contribution < -0.4 is 0 Å². The first kappa shape index (κ1) is 15.8. The predicted molar refractivity (Wildman–Crippen MR) is 84.9 cm³/mol. The molecule has 0 spiro atoms. The molecule has 7 nitrogen and oxygen atoms in total. The summed E-state index contributed by atoms with van der Waals surface area (Å²) in [5.74, 6) is 0. The third-order valence-corrected chi connectivity index (χ3v) is 3.15. The molecule has 0 amide bonds. The summed E-state index contributed by atoms with van der Waals surface area (Å²) in [6, 6.07) is 7.06. The van der Waals surface area contributed by atoms with E-state index in [1.165, 1.54) is 6.33 Å². The number of aromatic nitrogens is 3. The van der Waals surface area contributed by atoms with E-state index in [2.05, 4.69) is 20.1 Å². The fourth-order valence-corrected chi connectivity index (χ4v) is 1.92. The molecule has 7 heteroatoms. The van der Waals surface area contributed by atoms with Gasteiger partial charge in [0.25, 0.3) is 0 Å². The summed E-state index contributed by atoms with van der Waals surface area (Å²) < 4.78 is 1.55. The van der Waals surface area contributed by atoms with Crippen molar-refractivity contribution in [1.29, 1.82) is 0 Å². The van der Waals surface area contributed by atoms with Gasteiger partial charge in [0.2, 0.25) is 0 Å². The number of aliphatic hydroxyl groups is 1. The Kier molecular flexibility index (Phi) is 4.60. The third kappa shape index (κ3) is 3.72. The minimum absolute atomic E-state index is 0.344. The normalized spacial score (nSPS) is 13.5. The molecule has 0 aliphatic heterocycles. The van der Waals surface area contributed by atoms with E-state index in [0.717, 1.165) is 5.56 Å². The molecule has 22 heavy (non-hydrogen) atoms. The van der Waals surface area contributed by atoms with Crippen LogP contribution in [0.3, 0.4) is 0 Å². The molecule has 1 N–H and O–H groups in total. The van der Waals surface area contributed by atoms with Crippen molar-refractivity contribution in [3.8, 4) is 0 Å². The van der Waals surface area contributed by atoms with Crippen LogP contribution in [0.4, 0.5) is 5.69 Å². The smallest absolute Gasteiger partial charge is 0.138 e. The van der Waals surface area contributed by atoms with Gasteiger partial charge >= 0.3 is 0 Å². The molecular formula is C15H18N6O. The van der Waals surface area contributed by atoms with E-state index < -0.39 is 6.10 Å². The first-order chi connectivity index (χ1) is 10.4. The van der Waals surface area contributed by atoms with Crippen molar-refractivity contribution in [3.63, 3.8) is 0 Å². The van der Waals surface area contributed by atoms with Crippen LogP contribution in [0, 0.1) is 5.41 Å². The molecule has 0 saturated carbocycles. The lowest BCUT2D eigenvalue weighted by molar-refractivity contribution is 0.109. The zero-order valence-electron chi connectivity index (χ0n) is 12.7. The minimum atomic E-state index is -0.717. The molecular weight excluding hydrogens is 280 g/mol. The maximum Gasteiger partial charge on any atom is 0.138 e. The van der Waals surface area contributed by atoms with Crippen LogP contribution in [0.15, 0.2) is 42.0 Å².